The van der Waals surface area contributed by atoms with E-state index in [-0.39, 0.29) is 0 Å². The highest BCUT2D eigenvalue weighted by Gasteiger charge is 2.34. The number of rotatable bonds is 3. The van der Waals surface area contributed by atoms with Crippen molar-refractivity contribution < 1.29 is 0 Å². The van der Waals surface area contributed by atoms with Crippen molar-refractivity contribution in [3.8, 4) is 22.3 Å². The van der Waals surface area contributed by atoms with Crippen molar-refractivity contribution in [1.29, 1.82) is 0 Å². The molecule has 9 rings (SSSR count). The Morgan fingerprint density at radius 2 is 1.34 bits per heavy atom. The Kier molecular flexibility index (Phi) is 6.58. The Bertz CT molecular complexity index is 2530. The largest absolute Gasteiger partial charge is 0.135 e. The van der Waals surface area contributed by atoms with E-state index in [2.05, 4.69) is 148 Å². The van der Waals surface area contributed by atoms with Gasteiger partial charge in [0.25, 0.3) is 0 Å². The molecule has 0 nitrogen and oxygen atoms in total. The van der Waals surface area contributed by atoms with E-state index in [1.54, 1.807) is 5.19 Å². The summed E-state index contributed by atoms with van der Waals surface area (Å²) >= 11 is 1.94. The molecule has 0 atom stereocenters. The van der Waals surface area contributed by atoms with Crippen LogP contribution in [0.5, 0.6) is 0 Å². The fraction of sp³-hybridized carbons (Fsp3) is 0.156. The number of hydrogen-bond donors (Lipinski definition) is 0. The molecule has 7 aromatic rings. The monoisotopic (exact) mass is 638 g/mol. The fourth-order valence-electron chi connectivity index (χ4n) is 8.65. The van der Waals surface area contributed by atoms with Gasteiger partial charge in [0, 0.05) is 25.7 Å². The predicted octanol–water partition coefficient (Wildman–Crippen LogP) is 12.8. The molecule has 1 aliphatic carbocycles. The standard InChI is InChI=1S/C45H38SSi/c1-5-14-29-16-12-21-31(28(29)2)43-34-19-8-9-20-35(34)44(37-23-13-22-36-33-18-10-11-24-41(33)46-45(36)37)39-25-38-32-17-7-6-15-30(32)27-47(3,4)42(38)26-40(39)43/h5-11,13-20,22-26H,12,21,27H2,1-4H3. The maximum absolute atomic E-state index is 2.66. The topological polar surface area (TPSA) is 0 Å². The fourth-order valence-corrected chi connectivity index (χ4v) is 12.8. The second-order valence-electron chi connectivity index (χ2n) is 14.0. The maximum Gasteiger partial charge on any atom is 0.0857 e. The van der Waals surface area contributed by atoms with Gasteiger partial charge in [0.15, 0.2) is 0 Å². The zero-order valence-electron chi connectivity index (χ0n) is 27.6. The first-order valence-corrected chi connectivity index (χ1v) is 21.0. The second-order valence-corrected chi connectivity index (χ2v) is 19.8. The van der Waals surface area contributed by atoms with Crippen LogP contribution >= 0.6 is 11.3 Å². The summed E-state index contributed by atoms with van der Waals surface area (Å²) in [5.74, 6) is 0. The third kappa shape index (κ3) is 4.31. The lowest BCUT2D eigenvalue weighted by Gasteiger charge is -2.34. The molecule has 0 saturated heterocycles. The SMILES string of the molecule is CC=CC1=CCCC(c2c3ccccc3c(-c3cccc4c3sc3ccccc34)c3cc4c(cc23)[Si](C)(C)Cc2ccccc2-4)=C1C. The maximum atomic E-state index is 2.66. The van der Waals surface area contributed by atoms with E-state index in [1.165, 1.54) is 97.9 Å². The number of benzene rings is 6. The van der Waals surface area contributed by atoms with E-state index in [1.807, 2.05) is 11.3 Å². The highest BCUT2D eigenvalue weighted by molar-refractivity contribution is 7.26. The van der Waals surface area contributed by atoms with Gasteiger partial charge in [0.1, 0.15) is 0 Å². The van der Waals surface area contributed by atoms with Crippen LogP contribution in [0.25, 0.3) is 69.5 Å². The van der Waals surface area contributed by atoms with Crippen LogP contribution in [0.15, 0.2) is 133 Å². The van der Waals surface area contributed by atoms with E-state index < -0.39 is 8.07 Å². The van der Waals surface area contributed by atoms with E-state index in [4.69, 9.17) is 0 Å². The molecule has 2 heterocycles. The van der Waals surface area contributed by atoms with Gasteiger partial charge < -0.3 is 0 Å². The Balaban J connectivity index is 1.49. The predicted molar refractivity (Wildman–Crippen MR) is 211 cm³/mol. The summed E-state index contributed by atoms with van der Waals surface area (Å²) in [7, 11) is -1.76. The molecule has 2 heteroatoms. The van der Waals surface area contributed by atoms with Crippen molar-refractivity contribution in [3.05, 3.63) is 144 Å². The summed E-state index contributed by atoms with van der Waals surface area (Å²) < 4.78 is 2.73. The molecule has 0 fully saturated rings. The minimum Gasteiger partial charge on any atom is -0.135 e. The van der Waals surface area contributed by atoms with Gasteiger partial charge in [0.05, 0.1) is 8.07 Å². The van der Waals surface area contributed by atoms with Crippen molar-refractivity contribution in [2.45, 2.75) is 45.8 Å². The molecule has 47 heavy (non-hydrogen) atoms. The van der Waals surface area contributed by atoms with Crippen LogP contribution in [0.1, 0.15) is 37.8 Å². The average molecular weight is 639 g/mol. The summed E-state index contributed by atoms with van der Waals surface area (Å²) in [4.78, 5) is 0. The minimum absolute atomic E-state index is 1.07. The summed E-state index contributed by atoms with van der Waals surface area (Å²) in [5.41, 5.74) is 12.8. The zero-order valence-corrected chi connectivity index (χ0v) is 29.4. The Morgan fingerprint density at radius 3 is 2.17 bits per heavy atom. The summed E-state index contributed by atoms with van der Waals surface area (Å²) in [6.45, 7) is 9.63. The summed E-state index contributed by atoms with van der Waals surface area (Å²) in [6.07, 6.45) is 9.05. The van der Waals surface area contributed by atoms with Gasteiger partial charge in [0.2, 0.25) is 0 Å². The second kappa shape index (κ2) is 10.8. The Hall–Kier alpha value is -4.50. The van der Waals surface area contributed by atoms with Crippen molar-refractivity contribution in [3.63, 3.8) is 0 Å². The lowest BCUT2D eigenvalue weighted by Crippen LogP contribution is -2.47. The molecule has 1 aromatic heterocycles. The smallest absolute Gasteiger partial charge is 0.0857 e. The molecule has 1 aliphatic heterocycles. The van der Waals surface area contributed by atoms with Crippen LogP contribution in [-0.4, -0.2) is 8.07 Å². The van der Waals surface area contributed by atoms with Gasteiger partial charge in [-0.15, -0.1) is 11.3 Å². The quantitative estimate of drug-likeness (QED) is 0.133. The number of fused-ring (bicyclic) bond motifs is 8. The van der Waals surface area contributed by atoms with E-state index >= 15 is 0 Å². The van der Waals surface area contributed by atoms with Crippen molar-refractivity contribution in [2.75, 3.05) is 0 Å². The zero-order chi connectivity index (χ0) is 31.9. The highest BCUT2D eigenvalue weighted by Crippen LogP contribution is 2.49. The van der Waals surface area contributed by atoms with Crippen LogP contribution in [0, 0.1) is 0 Å². The lowest BCUT2D eigenvalue weighted by molar-refractivity contribution is 1.02. The molecule has 0 bridgehead atoms. The molecule has 228 valence electrons. The van der Waals surface area contributed by atoms with Crippen LogP contribution in [0.3, 0.4) is 0 Å². The molecule has 0 spiro atoms. The van der Waals surface area contributed by atoms with Crippen LogP contribution in [0.2, 0.25) is 13.1 Å². The lowest BCUT2D eigenvalue weighted by atomic mass is 9.80. The first kappa shape index (κ1) is 28.7. The number of thiophene rings is 1. The molecule has 6 aromatic carbocycles. The Labute approximate surface area is 282 Å². The van der Waals surface area contributed by atoms with E-state index in [0.29, 0.717) is 0 Å². The molecule has 0 amide bonds. The third-order valence-electron chi connectivity index (χ3n) is 10.8. The molecule has 0 saturated carbocycles. The van der Waals surface area contributed by atoms with Gasteiger partial charge in [-0.05, 0) is 111 Å². The van der Waals surface area contributed by atoms with Gasteiger partial charge in [-0.25, -0.2) is 0 Å². The molecular weight excluding hydrogens is 601 g/mol. The van der Waals surface area contributed by atoms with Gasteiger partial charge in [-0.1, -0.05) is 128 Å². The van der Waals surface area contributed by atoms with Crippen molar-refractivity contribution in [2.24, 2.45) is 0 Å². The summed E-state index contributed by atoms with van der Waals surface area (Å²) in [5, 5.41) is 9.84. The van der Waals surface area contributed by atoms with Crippen molar-refractivity contribution >= 4 is 71.9 Å². The number of hydrogen-bond acceptors (Lipinski definition) is 1. The molecule has 0 unspecified atom stereocenters. The van der Waals surface area contributed by atoms with E-state index in [0.717, 1.165) is 12.8 Å². The highest BCUT2D eigenvalue weighted by atomic mass is 32.1. The first-order chi connectivity index (χ1) is 22.9. The average Bonchev–Trinajstić information content (AvgIpc) is 3.47. The first-order valence-electron chi connectivity index (χ1n) is 17.0. The van der Waals surface area contributed by atoms with Gasteiger partial charge >= 0.3 is 0 Å². The molecule has 2 aliphatic rings. The molecule has 0 N–H and O–H groups in total. The van der Waals surface area contributed by atoms with Crippen molar-refractivity contribution in [1.82, 2.24) is 0 Å². The van der Waals surface area contributed by atoms with E-state index in [9.17, 15) is 0 Å². The molecule has 0 radical (unpaired) electrons. The Morgan fingerprint density at radius 1 is 0.660 bits per heavy atom. The normalized spacial score (nSPS) is 16.0. The van der Waals surface area contributed by atoms with Crippen LogP contribution in [0.4, 0.5) is 0 Å². The van der Waals surface area contributed by atoms with Crippen LogP contribution < -0.4 is 5.19 Å². The third-order valence-corrected chi connectivity index (χ3v) is 15.2. The van der Waals surface area contributed by atoms with Gasteiger partial charge in [-0.2, -0.15) is 0 Å². The van der Waals surface area contributed by atoms with Gasteiger partial charge in [-0.3, -0.25) is 0 Å². The summed E-state index contributed by atoms with van der Waals surface area (Å²) in [6, 6.07) is 40.8. The number of allylic oxidation sites excluding steroid dienone is 6. The van der Waals surface area contributed by atoms with Crippen LogP contribution in [-0.2, 0) is 6.04 Å². The molecular formula is C45H38SSi. The minimum atomic E-state index is -1.76.